The van der Waals surface area contributed by atoms with Crippen LogP contribution in [0.4, 0.5) is 0 Å². The first-order valence-corrected chi connectivity index (χ1v) is 10.1. The smallest absolute Gasteiger partial charge is 0.239 e. The van der Waals surface area contributed by atoms with Gasteiger partial charge in [-0.2, -0.15) is 5.10 Å². The average molecular weight is 391 g/mol. The van der Waals surface area contributed by atoms with Crippen molar-refractivity contribution in [2.75, 3.05) is 39.3 Å². The number of hydrogen-bond acceptors (Lipinski definition) is 5. The van der Waals surface area contributed by atoms with Gasteiger partial charge in [-0.15, -0.1) is 0 Å². The quantitative estimate of drug-likeness (QED) is 0.724. The first kappa shape index (κ1) is 18.7. The number of nitrogens with zero attached hydrogens (tertiary/aromatic N) is 3. The molecular weight excluding hydrogens is 364 g/mol. The Balaban J connectivity index is 1.33. The summed E-state index contributed by atoms with van der Waals surface area (Å²) >= 11 is 6.29. The lowest BCUT2D eigenvalue weighted by molar-refractivity contribution is -0.134. The van der Waals surface area contributed by atoms with E-state index in [0.717, 1.165) is 68.6 Å². The molecule has 27 heavy (non-hydrogen) atoms. The van der Waals surface area contributed by atoms with Crippen molar-refractivity contribution in [3.05, 3.63) is 28.9 Å². The molecule has 0 bridgehead atoms. The molecule has 0 aliphatic carbocycles. The summed E-state index contributed by atoms with van der Waals surface area (Å²) in [4.78, 5) is 17.3. The number of H-pyrrole nitrogens is 1. The highest BCUT2D eigenvalue weighted by atomic mass is 35.5. The highest BCUT2D eigenvalue weighted by Gasteiger charge is 2.29. The van der Waals surface area contributed by atoms with Crippen LogP contribution >= 0.6 is 11.6 Å². The fourth-order valence-corrected chi connectivity index (χ4v) is 4.56. The van der Waals surface area contributed by atoms with Gasteiger partial charge < -0.3 is 16.0 Å². The Morgan fingerprint density at radius 1 is 1.26 bits per heavy atom. The van der Waals surface area contributed by atoms with Gasteiger partial charge in [-0.05, 0) is 37.0 Å². The van der Waals surface area contributed by atoms with Crippen molar-refractivity contribution in [1.82, 2.24) is 25.3 Å². The summed E-state index contributed by atoms with van der Waals surface area (Å²) < 4.78 is 0. The van der Waals surface area contributed by atoms with Crippen molar-refractivity contribution < 1.29 is 4.79 Å². The van der Waals surface area contributed by atoms with Gasteiger partial charge in [-0.1, -0.05) is 11.6 Å². The number of halogens is 1. The van der Waals surface area contributed by atoms with Crippen molar-refractivity contribution in [3.8, 4) is 0 Å². The first-order chi connectivity index (χ1) is 13.1. The van der Waals surface area contributed by atoms with E-state index in [4.69, 9.17) is 17.3 Å². The molecule has 2 aliphatic rings. The van der Waals surface area contributed by atoms with Crippen LogP contribution in [0.25, 0.3) is 10.9 Å². The molecule has 8 heteroatoms. The summed E-state index contributed by atoms with van der Waals surface area (Å²) in [5.74, 6) is 0.0390. The molecule has 2 aromatic rings. The van der Waals surface area contributed by atoms with Gasteiger partial charge in [0.1, 0.15) is 0 Å². The summed E-state index contributed by atoms with van der Waals surface area (Å²) in [6.07, 6.45) is 4.28. The van der Waals surface area contributed by atoms with Crippen LogP contribution < -0.4 is 11.1 Å². The lowest BCUT2D eigenvalue weighted by atomic mass is 9.99. The van der Waals surface area contributed by atoms with Crippen LogP contribution in [0.15, 0.2) is 18.3 Å². The van der Waals surface area contributed by atoms with Crippen molar-refractivity contribution in [2.45, 2.75) is 31.3 Å². The van der Waals surface area contributed by atoms with Gasteiger partial charge in [-0.25, -0.2) is 0 Å². The van der Waals surface area contributed by atoms with Gasteiger partial charge >= 0.3 is 0 Å². The third kappa shape index (κ3) is 4.11. The van der Waals surface area contributed by atoms with Crippen LogP contribution in [0.1, 0.15) is 18.4 Å². The monoisotopic (exact) mass is 390 g/mol. The van der Waals surface area contributed by atoms with Gasteiger partial charge in [-0.3, -0.25) is 14.8 Å². The summed E-state index contributed by atoms with van der Waals surface area (Å²) in [6.45, 7) is 5.93. The SMILES string of the molecule is NC(Cc1cc(Cl)c2[nH]ncc2c1)C(=O)N1CCC(N2CCNCC2)CC1. The predicted molar refractivity (Wildman–Crippen MR) is 107 cm³/mol. The van der Waals surface area contributed by atoms with E-state index in [0.29, 0.717) is 17.5 Å². The summed E-state index contributed by atoms with van der Waals surface area (Å²) in [7, 11) is 0. The maximum atomic E-state index is 12.8. The van der Waals surface area contributed by atoms with E-state index < -0.39 is 6.04 Å². The third-order valence-corrected chi connectivity index (χ3v) is 6.08. The highest BCUT2D eigenvalue weighted by Crippen LogP contribution is 2.24. The second-order valence-electron chi connectivity index (χ2n) is 7.56. The maximum absolute atomic E-state index is 12.8. The average Bonchev–Trinajstić information content (AvgIpc) is 3.17. The van der Waals surface area contributed by atoms with E-state index >= 15 is 0 Å². The number of rotatable bonds is 4. The molecule has 1 amide bonds. The lowest BCUT2D eigenvalue weighted by Crippen LogP contribution is -2.54. The van der Waals surface area contributed by atoms with Crippen LogP contribution in [0.5, 0.6) is 0 Å². The number of hydrogen-bond donors (Lipinski definition) is 3. The number of likely N-dealkylation sites (tertiary alicyclic amines) is 1. The molecular formula is C19H27ClN6O. The Morgan fingerprint density at radius 2 is 2.00 bits per heavy atom. The second kappa shape index (κ2) is 8.14. The van der Waals surface area contributed by atoms with Gasteiger partial charge in [0.15, 0.2) is 0 Å². The number of amides is 1. The van der Waals surface area contributed by atoms with Crippen LogP contribution in [0, 0.1) is 0 Å². The third-order valence-electron chi connectivity index (χ3n) is 5.78. The van der Waals surface area contributed by atoms with Crippen molar-refractivity contribution >= 4 is 28.4 Å². The van der Waals surface area contributed by atoms with E-state index in [1.807, 2.05) is 17.0 Å². The summed E-state index contributed by atoms with van der Waals surface area (Å²) in [5, 5.41) is 11.8. The zero-order valence-corrected chi connectivity index (χ0v) is 16.2. The molecule has 146 valence electrons. The number of nitrogens with two attached hydrogens (primary N) is 1. The van der Waals surface area contributed by atoms with E-state index in [1.54, 1.807) is 6.20 Å². The first-order valence-electron chi connectivity index (χ1n) is 9.72. The predicted octanol–water partition coefficient (Wildman–Crippen LogP) is 0.982. The molecule has 3 heterocycles. The molecule has 4 N–H and O–H groups in total. The number of piperazine rings is 1. The fourth-order valence-electron chi connectivity index (χ4n) is 4.26. The molecule has 2 aliphatic heterocycles. The summed E-state index contributed by atoms with van der Waals surface area (Å²) in [5.41, 5.74) is 8.03. The number of piperidine rings is 1. The fraction of sp³-hybridized carbons (Fsp3) is 0.579. The van der Waals surface area contributed by atoms with E-state index in [1.165, 1.54) is 0 Å². The van der Waals surface area contributed by atoms with E-state index in [9.17, 15) is 4.79 Å². The Labute approximate surface area is 164 Å². The van der Waals surface area contributed by atoms with Crippen LogP contribution in [0.2, 0.25) is 5.02 Å². The number of nitrogens with one attached hydrogen (secondary N) is 2. The number of aromatic nitrogens is 2. The number of carbonyl (C=O) groups is 1. The number of aromatic amines is 1. The van der Waals surface area contributed by atoms with Gasteiger partial charge in [0.05, 0.1) is 22.8 Å². The molecule has 4 rings (SSSR count). The number of benzene rings is 1. The molecule has 1 aromatic carbocycles. The second-order valence-corrected chi connectivity index (χ2v) is 7.97. The molecule has 7 nitrogen and oxygen atoms in total. The van der Waals surface area contributed by atoms with Crippen molar-refractivity contribution in [1.29, 1.82) is 0 Å². The van der Waals surface area contributed by atoms with Crippen LogP contribution in [-0.2, 0) is 11.2 Å². The zero-order valence-electron chi connectivity index (χ0n) is 15.5. The Bertz CT molecular complexity index is 795. The summed E-state index contributed by atoms with van der Waals surface area (Å²) in [6, 6.07) is 3.91. The zero-order chi connectivity index (χ0) is 18.8. The van der Waals surface area contributed by atoms with Crippen LogP contribution in [0.3, 0.4) is 0 Å². The molecule has 0 radical (unpaired) electrons. The number of fused-ring (bicyclic) bond motifs is 1. The normalized spacial score (nSPS) is 20.9. The highest BCUT2D eigenvalue weighted by molar-refractivity contribution is 6.35. The number of carbonyl (C=O) groups excluding carboxylic acids is 1. The Morgan fingerprint density at radius 3 is 2.74 bits per heavy atom. The molecule has 1 aromatic heterocycles. The van der Waals surface area contributed by atoms with Crippen molar-refractivity contribution in [2.24, 2.45) is 5.73 Å². The standard InChI is InChI=1S/C19H27ClN6O/c20-16-10-13(9-14-12-23-24-18(14)16)11-17(21)19(27)26-5-1-15(2-6-26)25-7-3-22-4-8-25/h9-10,12,15,17,22H,1-8,11,21H2,(H,23,24). The van der Waals surface area contributed by atoms with Crippen molar-refractivity contribution in [3.63, 3.8) is 0 Å². The molecule has 1 unspecified atom stereocenters. The van der Waals surface area contributed by atoms with Crippen LogP contribution in [-0.4, -0.2) is 77.3 Å². The van der Waals surface area contributed by atoms with Gasteiger partial charge in [0, 0.05) is 50.7 Å². The minimum atomic E-state index is -0.541. The molecule has 2 saturated heterocycles. The minimum absolute atomic E-state index is 0.0390. The Kier molecular flexibility index (Phi) is 5.63. The van der Waals surface area contributed by atoms with E-state index in [-0.39, 0.29) is 5.91 Å². The topological polar surface area (TPSA) is 90.3 Å². The maximum Gasteiger partial charge on any atom is 0.239 e. The molecule has 2 fully saturated rings. The van der Waals surface area contributed by atoms with Gasteiger partial charge in [0.2, 0.25) is 5.91 Å². The van der Waals surface area contributed by atoms with Gasteiger partial charge in [0.25, 0.3) is 0 Å². The molecule has 1 atom stereocenters. The molecule has 0 saturated carbocycles. The largest absolute Gasteiger partial charge is 0.341 e. The minimum Gasteiger partial charge on any atom is -0.341 e. The molecule has 0 spiro atoms. The lowest BCUT2D eigenvalue weighted by Gasteiger charge is -2.40. The van der Waals surface area contributed by atoms with E-state index in [2.05, 4.69) is 20.4 Å². The Hall–Kier alpha value is -1.67.